The lowest BCUT2D eigenvalue weighted by Gasteiger charge is -2.21. The molecule has 33 heavy (non-hydrogen) atoms. The maximum atomic E-state index is 14.3. The van der Waals surface area contributed by atoms with Crippen LogP contribution in [0.25, 0.3) is 10.8 Å². The molecule has 0 unspecified atom stereocenters. The van der Waals surface area contributed by atoms with Crippen LogP contribution < -0.4 is 10.6 Å². The minimum Gasteiger partial charge on any atom is -0.505 e. The molecule has 166 valence electrons. The number of carbonyl (C=O) groups excluding carboxylic acids is 1. The van der Waals surface area contributed by atoms with Crippen molar-refractivity contribution in [3.05, 3.63) is 101 Å². The van der Waals surface area contributed by atoms with Gasteiger partial charge in [-0.2, -0.15) is 0 Å². The van der Waals surface area contributed by atoms with Gasteiger partial charge in [0, 0.05) is 17.2 Å². The van der Waals surface area contributed by atoms with E-state index in [0.717, 1.165) is 11.1 Å². The van der Waals surface area contributed by atoms with Crippen LogP contribution in [0.15, 0.2) is 84.0 Å². The van der Waals surface area contributed by atoms with Gasteiger partial charge in [-0.05, 0) is 41.4 Å². The molecule has 0 fully saturated rings. The van der Waals surface area contributed by atoms with Crippen LogP contribution >= 0.6 is 0 Å². The second kappa shape index (κ2) is 9.48. The van der Waals surface area contributed by atoms with Crippen molar-refractivity contribution >= 4 is 33.7 Å². The van der Waals surface area contributed by atoms with E-state index in [4.69, 9.17) is 0 Å². The Morgan fingerprint density at radius 2 is 1.67 bits per heavy atom. The van der Waals surface area contributed by atoms with Crippen molar-refractivity contribution in [3.8, 4) is 5.75 Å². The predicted molar refractivity (Wildman–Crippen MR) is 128 cm³/mol. The maximum absolute atomic E-state index is 14.3. The molecule has 0 aliphatic rings. The van der Waals surface area contributed by atoms with Crippen molar-refractivity contribution < 1.29 is 14.3 Å². The van der Waals surface area contributed by atoms with E-state index in [9.17, 15) is 19.2 Å². The first-order valence-corrected chi connectivity index (χ1v) is 10.4. The molecule has 6 nitrogen and oxygen atoms in total. The van der Waals surface area contributed by atoms with Crippen LogP contribution in [0.1, 0.15) is 11.1 Å². The number of hydrogen-bond donors (Lipinski definition) is 3. The number of nitroso groups, excluding NO2 is 1. The number of aryl methyl sites for hydroxylation is 1. The van der Waals surface area contributed by atoms with Crippen molar-refractivity contribution in [2.75, 3.05) is 10.6 Å². The molecule has 0 aliphatic heterocycles. The highest BCUT2D eigenvalue weighted by Crippen LogP contribution is 2.39. The number of fused-ring (bicyclic) bond motifs is 1. The van der Waals surface area contributed by atoms with E-state index >= 15 is 0 Å². The molecule has 0 saturated carbocycles. The van der Waals surface area contributed by atoms with Crippen molar-refractivity contribution in [2.24, 2.45) is 5.18 Å². The van der Waals surface area contributed by atoms with Gasteiger partial charge in [-0.25, -0.2) is 4.39 Å². The SMILES string of the molecule is Cc1ccc(NC(=O)[C@@H](Cc2ccccc2)Nc2cc(N=O)c3ccccc3c2O)c(F)c1. The Morgan fingerprint density at radius 3 is 2.36 bits per heavy atom. The minimum atomic E-state index is -0.875. The molecular weight excluding hydrogens is 421 g/mol. The fourth-order valence-corrected chi connectivity index (χ4v) is 3.71. The number of amides is 1. The fraction of sp³-hybridized carbons (Fsp3) is 0.115. The molecule has 0 spiro atoms. The molecule has 4 aromatic carbocycles. The maximum Gasteiger partial charge on any atom is 0.247 e. The number of nitrogens with zero attached hydrogens (tertiary/aromatic N) is 1. The zero-order valence-electron chi connectivity index (χ0n) is 17.9. The summed E-state index contributed by atoms with van der Waals surface area (Å²) < 4.78 is 14.3. The summed E-state index contributed by atoms with van der Waals surface area (Å²) in [6.07, 6.45) is 0.260. The Balaban J connectivity index is 1.70. The van der Waals surface area contributed by atoms with Gasteiger partial charge in [-0.3, -0.25) is 4.79 Å². The number of benzene rings is 4. The summed E-state index contributed by atoms with van der Waals surface area (Å²) in [6, 6.07) is 21.2. The molecule has 0 radical (unpaired) electrons. The summed E-state index contributed by atoms with van der Waals surface area (Å²) in [5.41, 5.74) is 1.98. The van der Waals surface area contributed by atoms with Crippen molar-refractivity contribution in [1.82, 2.24) is 0 Å². The quantitative estimate of drug-likeness (QED) is 0.239. The number of phenolic OH excluding ortho intramolecular Hbond substituents is 1. The van der Waals surface area contributed by atoms with E-state index in [2.05, 4.69) is 15.8 Å². The Bertz CT molecular complexity index is 1330. The van der Waals surface area contributed by atoms with Gasteiger partial charge in [0.2, 0.25) is 5.91 Å². The van der Waals surface area contributed by atoms with Crippen molar-refractivity contribution in [1.29, 1.82) is 0 Å². The number of nitrogens with one attached hydrogen (secondary N) is 2. The minimum absolute atomic E-state index is 0.0587. The molecule has 7 heteroatoms. The number of aromatic hydroxyl groups is 1. The topological polar surface area (TPSA) is 90.8 Å². The van der Waals surface area contributed by atoms with Crippen LogP contribution in [0.2, 0.25) is 0 Å². The van der Waals surface area contributed by atoms with Gasteiger partial charge in [-0.1, -0.05) is 60.7 Å². The third-order valence-electron chi connectivity index (χ3n) is 5.40. The Hall–Kier alpha value is -4.26. The molecular formula is C26H22FN3O3. The van der Waals surface area contributed by atoms with Crippen LogP contribution in [0.4, 0.5) is 21.5 Å². The van der Waals surface area contributed by atoms with E-state index in [1.807, 2.05) is 30.3 Å². The average Bonchev–Trinajstić information content (AvgIpc) is 2.82. The fourth-order valence-electron chi connectivity index (χ4n) is 3.71. The van der Waals surface area contributed by atoms with Gasteiger partial charge in [0.25, 0.3) is 0 Å². The summed E-state index contributed by atoms with van der Waals surface area (Å²) in [5, 5.41) is 20.5. The third kappa shape index (κ3) is 4.82. The molecule has 0 bridgehead atoms. The Kier molecular flexibility index (Phi) is 6.31. The number of phenols is 1. The smallest absolute Gasteiger partial charge is 0.247 e. The second-order valence-electron chi connectivity index (χ2n) is 7.79. The largest absolute Gasteiger partial charge is 0.505 e. The van der Waals surface area contributed by atoms with E-state index in [-0.39, 0.29) is 29.2 Å². The van der Waals surface area contributed by atoms with Crippen LogP contribution in [0.5, 0.6) is 5.75 Å². The molecule has 4 rings (SSSR count). The van der Waals surface area contributed by atoms with E-state index in [0.29, 0.717) is 10.8 Å². The molecule has 1 atom stereocenters. The summed E-state index contributed by atoms with van der Waals surface area (Å²) >= 11 is 0. The standard InChI is InChI=1S/C26H22FN3O3/c1-16-11-12-21(20(27)13-16)29-26(32)24(14-17-7-3-2-4-8-17)28-23-15-22(30-33)18-9-5-6-10-19(18)25(23)31/h2-13,15,24,28,31H,14H2,1H3,(H,29,32)/t24-/m1/s1. The van der Waals surface area contributed by atoms with Gasteiger partial charge < -0.3 is 15.7 Å². The monoisotopic (exact) mass is 443 g/mol. The van der Waals surface area contributed by atoms with Crippen LogP contribution in [-0.2, 0) is 11.2 Å². The van der Waals surface area contributed by atoms with Crippen LogP contribution in [0, 0.1) is 17.6 Å². The summed E-state index contributed by atoms with van der Waals surface area (Å²) in [6.45, 7) is 1.76. The molecule has 3 N–H and O–H groups in total. The first-order valence-electron chi connectivity index (χ1n) is 10.4. The highest BCUT2D eigenvalue weighted by molar-refractivity contribution is 6.02. The van der Waals surface area contributed by atoms with E-state index in [1.165, 1.54) is 18.2 Å². The summed E-state index contributed by atoms with van der Waals surface area (Å²) in [5.74, 6) is -1.14. The van der Waals surface area contributed by atoms with Crippen LogP contribution in [0.3, 0.4) is 0 Å². The lowest BCUT2D eigenvalue weighted by atomic mass is 10.0. The first kappa shape index (κ1) is 22.0. The lowest BCUT2D eigenvalue weighted by molar-refractivity contribution is -0.116. The highest BCUT2D eigenvalue weighted by Gasteiger charge is 2.23. The van der Waals surface area contributed by atoms with Gasteiger partial charge in [-0.15, -0.1) is 4.91 Å². The van der Waals surface area contributed by atoms with Gasteiger partial charge >= 0.3 is 0 Å². The molecule has 4 aromatic rings. The predicted octanol–water partition coefficient (Wildman–Crippen LogP) is 6.05. The van der Waals surface area contributed by atoms with Gasteiger partial charge in [0.15, 0.2) is 0 Å². The molecule has 0 heterocycles. The lowest BCUT2D eigenvalue weighted by Crippen LogP contribution is -2.36. The number of halogens is 1. The highest BCUT2D eigenvalue weighted by atomic mass is 19.1. The zero-order chi connectivity index (χ0) is 23.4. The van der Waals surface area contributed by atoms with Crippen molar-refractivity contribution in [3.63, 3.8) is 0 Å². The summed E-state index contributed by atoms with van der Waals surface area (Å²) in [7, 11) is 0. The molecule has 1 amide bonds. The third-order valence-corrected chi connectivity index (χ3v) is 5.40. The average molecular weight is 443 g/mol. The molecule has 0 aromatic heterocycles. The van der Waals surface area contributed by atoms with E-state index in [1.54, 1.807) is 37.3 Å². The Morgan fingerprint density at radius 1 is 0.970 bits per heavy atom. The number of rotatable bonds is 7. The summed E-state index contributed by atoms with van der Waals surface area (Å²) in [4.78, 5) is 24.6. The van der Waals surface area contributed by atoms with Crippen molar-refractivity contribution in [2.45, 2.75) is 19.4 Å². The molecule has 0 saturated heterocycles. The van der Waals surface area contributed by atoms with Gasteiger partial charge in [0.1, 0.15) is 23.3 Å². The number of anilines is 2. The first-order chi connectivity index (χ1) is 16.0. The van der Waals surface area contributed by atoms with E-state index < -0.39 is 17.8 Å². The zero-order valence-corrected chi connectivity index (χ0v) is 17.9. The number of carbonyl (C=O) groups is 1. The number of hydrogen-bond acceptors (Lipinski definition) is 5. The van der Waals surface area contributed by atoms with Crippen LogP contribution in [-0.4, -0.2) is 17.1 Å². The molecule has 0 aliphatic carbocycles. The Labute approximate surface area is 190 Å². The second-order valence-corrected chi connectivity index (χ2v) is 7.79. The normalized spacial score (nSPS) is 11.7. The van der Waals surface area contributed by atoms with Gasteiger partial charge in [0.05, 0.1) is 11.4 Å².